The van der Waals surface area contributed by atoms with Gasteiger partial charge in [0.05, 0.1) is 19.1 Å². The summed E-state index contributed by atoms with van der Waals surface area (Å²) in [5, 5.41) is 5.81. The SMILES string of the molecule is COC(=O)c1ccc(NC(=O)[C@H](CC(=O)N(C(c2ccccc2)(c2ccccc2)c2ccccc2)C(c2ccccc2)(c2ccccc2)c2ccccc2)NC(=O)OCC2c3ccccc3-c3ccccc32)cc1. The summed E-state index contributed by atoms with van der Waals surface area (Å²) in [6.07, 6.45) is -1.42. The van der Waals surface area contributed by atoms with Crippen molar-refractivity contribution >= 4 is 29.6 Å². The lowest BCUT2D eigenvalue weighted by molar-refractivity contribution is -0.143. The standard InChI is InChI=1S/C65H53N3O6/c1-73-62(71)46-40-42-53(43-41-46)66-61(70)59(67-63(72)74-45-58-56-38-22-20-36-54(56)55-37-21-23-39-57(55)58)44-60(69)68(64(47-24-8-2-9-25-47,48-26-10-3-11-27-48)49-28-12-4-13-29-49)65(50-30-14-5-15-31-50,51-32-16-6-17-33-51)52-34-18-7-19-35-52/h2-43,58-59H,44-45H2,1H3,(H,66,70)(H,67,72)/t59-/m0/s1. The average molecular weight is 972 g/mol. The molecule has 2 N–H and O–H groups in total. The van der Waals surface area contributed by atoms with Crippen LogP contribution in [0.15, 0.2) is 255 Å². The molecule has 10 rings (SSSR count). The molecule has 0 bridgehead atoms. The van der Waals surface area contributed by atoms with Crippen LogP contribution in [-0.4, -0.2) is 48.5 Å². The number of anilines is 1. The van der Waals surface area contributed by atoms with Crippen LogP contribution in [0.2, 0.25) is 0 Å². The van der Waals surface area contributed by atoms with Gasteiger partial charge in [0.25, 0.3) is 0 Å². The molecule has 1 atom stereocenters. The quantitative estimate of drug-likeness (QED) is 0.0736. The lowest BCUT2D eigenvalue weighted by atomic mass is 9.67. The number of hydrogen-bond donors (Lipinski definition) is 2. The molecule has 9 nitrogen and oxygen atoms in total. The van der Waals surface area contributed by atoms with Gasteiger partial charge in [-0.25, -0.2) is 9.59 Å². The summed E-state index contributed by atoms with van der Waals surface area (Å²) in [6.45, 7) is -0.0263. The predicted molar refractivity (Wildman–Crippen MR) is 288 cm³/mol. The monoisotopic (exact) mass is 971 g/mol. The predicted octanol–water partition coefficient (Wildman–Crippen LogP) is 12.5. The van der Waals surface area contributed by atoms with Crippen molar-refractivity contribution in [2.75, 3.05) is 19.0 Å². The average Bonchev–Trinajstić information content (AvgIpc) is 3.79. The first-order valence-electron chi connectivity index (χ1n) is 24.6. The molecule has 1 aliphatic carbocycles. The van der Waals surface area contributed by atoms with Crippen LogP contribution in [0, 0.1) is 0 Å². The molecular weight excluding hydrogens is 919 g/mol. The summed E-state index contributed by atoms with van der Waals surface area (Å²) in [6, 6.07) is 80.5. The molecule has 0 radical (unpaired) electrons. The first-order valence-corrected chi connectivity index (χ1v) is 24.6. The molecule has 3 amide bonds. The van der Waals surface area contributed by atoms with E-state index < -0.39 is 47.4 Å². The molecule has 1 aliphatic rings. The molecule has 0 aliphatic heterocycles. The fourth-order valence-electron chi connectivity index (χ4n) is 10.8. The van der Waals surface area contributed by atoms with Gasteiger partial charge in [-0.15, -0.1) is 0 Å². The Balaban J connectivity index is 1.17. The van der Waals surface area contributed by atoms with Crippen molar-refractivity contribution in [2.24, 2.45) is 0 Å². The van der Waals surface area contributed by atoms with Crippen molar-refractivity contribution in [3.8, 4) is 11.1 Å². The second kappa shape index (κ2) is 21.6. The highest BCUT2D eigenvalue weighted by atomic mass is 16.5. The highest BCUT2D eigenvalue weighted by Gasteiger charge is 2.57. The number of amides is 3. The Bertz CT molecular complexity index is 3010. The van der Waals surface area contributed by atoms with Gasteiger partial charge in [0.1, 0.15) is 23.7 Å². The molecule has 9 heteroatoms. The number of alkyl carbamates (subject to hydrolysis) is 1. The number of carbonyl (C=O) groups is 4. The molecular formula is C65H53N3O6. The Morgan fingerprint density at radius 2 is 0.824 bits per heavy atom. The molecule has 9 aromatic rings. The molecule has 0 aromatic heterocycles. The Morgan fingerprint density at radius 3 is 1.19 bits per heavy atom. The molecule has 0 saturated heterocycles. The third-order valence-corrected chi connectivity index (χ3v) is 14.0. The first-order chi connectivity index (χ1) is 36.3. The summed E-state index contributed by atoms with van der Waals surface area (Å²) < 4.78 is 11.0. The maximum absolute atomic E-state index is 17.1. The lowest BCUT2D eigenvalue weighted by Crippen LogP contribution is -2.63. The molecule has 74 heavy (non-hydrogen) atoms. The minimum atomic E-state index is -1.51. The van der Waals surface area contributed by atoms with Crippen molar-refractivity contribution in [2.45, 2.75) is 29.5 Å². The van der Waals surface area contributed by atoms with E-state index in [1.54, 1.807) is 12.1 Å². The van der Waals surface area contributed by atoms with Gasteiger partial charge in [-0.2, -0.15) is 0 Å². The number of nitrogens with one attached hydrogen (secondary N) is 2. The molecule has 0 unspecified atom stereocenters. The van der Waals surface area contributed by atoms with Crippen LogP contribution in [-0.2, 0) is 30.1 Å². The van der Waals surface area contributed by atoms with Gasteiger partial charge in [0.2, 0.25) is 11.8 Å². The smallest absolute Gasteiger partial charge is 0.407 e. The fourth-order valence-corrected chi connectivity index (χ4v) is 10.8. The molecule has 0 fully saturated rings. The summed E-state index contributed by atoms with van der Waals surface area (Å²) in [5.41, 5.74) is 6.52. The van der Waals surface area contributed by atoms with Crippen LogP contribution in [0.5, 0.6) is 0 Å². The maximum Gasteiger partial charge on any atom is 0.407 e. The number of carbonyl (C=O) groups excluding carboxylic acids is 4. The Morgan fingerprint density at radius 1 is 0.473 bits per heavy atom. The van der Waals surface area contributed by atoms with Crippen LogP contribution in [0.4, 0.5) is 10.5 Å². The second-order valence-electron chi connectivity index (χ2n) is 18.1. The van der Waals surface area contributed by atoms with E-state index in [1.807, 2.05) is 223 Å². The van der Waals surface area contributed by atoms with Crippen LogP contribution < -0.4 is 10.6 Å². The Kier molecular flexibility index (Phi) is 14.1. The molecule has 0 spiro atoms. The second-order valence-corrected chi connectivity index (χ2v) is 18.1. The molecule has 0 saturated carbocycles. The minimum absolute atomic E-state index is 0.0263. The van der Waals surface area contributed by atoms with Crippen molar-refractivity contribution in [1.82, 2.24) is 10.2 Å². The summed E-state index contributed by atoms with van der Waals surface area (Å²) >= 11 is 0. The lowest BCUT2D eigenvalue weighted by Gasteiger charge is -2.56. The van der Waals surface area contributed by atoms with E-state index in [2.05, 4.69) is 22.8 Å². The van der Waals surface area contributed by atoms with Crippen molar-refractivity contribution < 1.29 is 28.7 Å². The van der Waals surface area contributed by atoms with Gasteiger partial charge in [0, 0.05) is 11.6 Å². The van der Waals surface area contributed by atoms with Gasteiger partial charge in [-0.1, -0.05) is 231 Å². The van der Waals surface area contributed by atoms with Gasteiger partial charge in [0.15, 0.2) is 0 Å². The van der Waals surface area contributed by atoms with Crippen LogP contribution in [0.25, 0.3) is 11.1 Å². The van der Waals surface area contributed by atoms with E-state index >= 15 is 9.59 Å². The highest BCUT2D eigenvalue weighted by molar-refractivity contribution is 6.00. The molecule has 0 heterocycles. The third kappa shape index (κ3) is 9.12. The van der Waals surface area contributed by atoms with E-state index in [1.165, 1.54) is 19.2 Å². The number of hydrogen-bond acceptors (Lipinski definition) is 6. The number of rotatable bonds is 16. The van der Waals surface area contributed by atoms with Crippen LogP contribution >= 0.6 is 0 Å². The number of benzene rings is 9. The van der Waals surface area contributed by atoms with Gasteiger partial charge in [-0.3, -0.25) is 9.59 Å². The number of fused-ring (bicyclic) bond motifs is 3. The Hall–Kier alpha value is -9.34. The zero-order valence-electron chi connectivity index (χ0n) is 40.7. The topological polar surface area (TPSA) is 114 Å². The zero-order chi connectivity index (χ0) is 50.9. The van der Waals surface area contributed by atoms with E-state index in [-0.39, 0.29) is 18.1 Å². The number of methoxy groups -OCH3 is 1. The minimum Gasteiger partial charge on any atom is -0.465 e. The van der Waals surface area contributed by atoms with Crippen molar-refractivity contribution in [3.05, 3.63) is 305 Å². The normalized spacial score (nSPS) is 12.3. The molecule has 364 valence electrons. The first kappa shape index (κ1) is 48.3. The van der Waals surface area contributed by atoms with E-state index in [4.69, 9.17) is 9.47 Å². The van der Waals surface area contributed by atoms with Crippen LogP contribution in [0.1, 0.15) is 67.2 Å². The van der Waals surface area contributed by atoms with Crippen molar-refractivity contribution in [1.29, 1.82) is 0 Å². The van der Waals surface area contributed by atoms with Crippen LogP contribution in [0.3, 0.4) is 0 Å². The number of ether oxygens (including phenoxy) is 2. The number of esters is 1. The molecule has 9 aromatic carbocycles. The van der Waals surface area contributed by atoms with Gasteiger partial charge < -0.3 is 25.0 Å². The highest BCUT2D eigenvalue weighted by Crippen LogP contribution is 2.54. The largest absolute Gasteiger partial charge is 0.465 e. The summed E-state index contributed by atoms with van der Waals surface area (Å²) in [4.78, 5) is 61.1. The van der Waals surface area contributed by atoms with E-state index in [0.717, 1.165) is 55.6 Å². The number of nitrogens with zero attached hydrogens (tertiary/aromatic N) is 1. The maximum atomic E-state index is 17.1. The van der Waals surface area contributed by atoms with E-state index in [9.17, 15) is 9.59 Å². The summed E-state index contributed by atoms with van der Waals surface area (Å²) in [5.74, 6) is -1.98. The fraction of sp³-hybridized carbons (Fsp3) is 0.108. The van der Waals surface area contributed by atoms with Crippen molar-refractivity contribution in [3.63, 3.8) is 0 Å². The Labute approximate surface area is 431 Å². The van der Waals surface area contributed by atoms with Gasteiger partial charge >= 0.3 is 12.1 Å². The third-order valence-electron chi connectivity index (χ3n) is 14.0. The summed E-state index contributed by atoms with van der Waals surface area (Å²) in [7, 11) is 1.29. The van der Waals surface area contributed by atoms with Gasteiger partial charge in [-0.05, 0) is 79.9 Å². The van der Waals surface area contributed by atoms with E-state index in [0.29, 0.717) is 5.69 Å². The zero-order valence-corrected chi connectivity index (χ0v) is 40.7.